The van der Waals surface area contributed by atoms with E-state index in [1.165, 1.54) is 18.0 Å². The molecule has 4 heavy (non-hydrogen) atoms. The summed E-state index contributed by atoms with van der Waals surface area (Å²) in [6, 6.07) is 0. The molecule has 0 aromatic carbocycles. The first kappa shape index (κ1) is 16.4. The Bertz CT molecular complexity index is 8.00. The third-order valence-corrected chi connectivity index (χ3v) is 0. The van der Waals surface area contributed by atoms with Gasteiger partial charge in [-0.25, -0.2) is 0 Å². The zero-order valence-electron chi connectivity index (χ0n) is 1.53. The Kier molecular flexibility index (Phi) is 77.7. The summed E-state index contributed by atoms with van der Waals surface area (Å²) in [6.07, 6.45) is 0. The van der Waals surface area contributed by atoms with E-state index in [9.17, 15) is 0 Å². The van der Waals surface area contributed by atoms with Crippen molar-refractivity contribution in [3.63, 3.8) is 0 Å². The van der Waals surface area contributed by atoms with Crippen LogP contribution >= 0.6 is 9.82 Å². The third-order valence-electron chi connectivity index (χ3n) is 0. The van der Waals surface area contributed by atoms with Crippen LogP contribution in [0.15, 0.2) is 0 Å². The maximum absolute atomic E-state index is 4.17. The number of hydrogen-bond acceptors (Lipinski definition) is 1. The molecule has 0 fully saturated rings. The topological polar surface area (TPSA) is 0 Å². The van der Waals surface area contributed by atoms with Crippen molar-refractivity contribution in [2.45, 2.75) is 0 Å². The van der Waals surface area contributed by atoms with Crippen LogP contribution < -0.4 is 0 Å². The molecule has 0 saturated carbocycles. The van der Waals surface area contributed by atoms with E-state index in [-0.39, 0.29) is 39.9 Å². The molecule has 0 amide bonds. The molecule has 0 aromatic heterocycles. The van der Waals surface area contributed by atoms with Crippen LogP contribution in [-0.2, 0) is 57.9 Å². The van der Waals surface area contributed by atoms with E-state index in [1.54, 1.807) is 0 Å². The fourth-order valence-corrected chi connectivity index (χ4v) is 0. The van der Waals surface area contributed by atoms with Crippen molar-refractivity contribution in [1.29, 1.82) is 0 Å². The molecular formula is ReRhSW. The van der Waals surface area contributed by atoms with E-state index in [2.05, 4.69) is 9.82 Å². The van der Waals surface area contributed by atoms with Crippen molar-refractivity contribution in [3.8, 4) is 0 Å². The first-order valence-corrected chi connectivity index (χ1v) is 4.09. The van der Waals surface area contributed by atoms with Crippen molar-refractivity contribution >= 4 is 9.82 Å². The van der Waals surface area contributed by atoms with Gasteiger partial charge in [0.25, 0.3) is 0 Å². The Morgan fingerprint density at radius 3 is 1.25 bits per heavy atom. The standard InChI is InChI=1S/Re.Rh.S.W. The molecule has 0 rings (SSSR count). The summed E-state index contributed by atoms with van der Waals surface area (Å²) >= 11 is 1.17. The molecule has 0 nitrogen and oxygen atoms in total. The quantitative estimate of drug-likeness (QED) is 0.436. The van der Waals surface area contributed by atoms with Gasteiger partial charge in [-0.2, -0.15) is 0 Å². The molecule has 0 spiro atoms. The fourth-order valence-electron chi connectivity index (χ4n) is 0. The molecule has 4 heteroatoms. The van der Waals surface area contributed by atoms with Gasteiger partial charge in [-0.3, -0.25) is 0 Å². The minimum atomic E-state index is 0. The van der Waals surface area contributed by atoms with Crippen LogP contribution in [0.5, 0.6) is 0 Å². The van der Waals surface area contributed by atoms with Gasteiger partial charge in [0.1, 0.15) is 0 Å². The average molecular weight is 505 g/mol. The van der Waals surface area contributed by atoms with Crippen molar-refractivity contribution in [2.24, 2.45) is 0 Å². The van der Waals surface area contributed by atoms with Gasteiger partial charge in [0.05, 0.1) is 0 Å². The van der Waals surface area contributed by atoms with Gasteiger partial charge in [-0.1, -0.05) is 0 Å². The summed E-state index contributed by atoms with van der Waals surface area (Å²) in [4.78, 5) is 0. The van der Waals surface area contributed by atoms with Gasteiger partial charge in [0, 0.05) is 39.9 Å². The zero-order chi connectivity index (χ0) is 2.00. The molecule has 0 aromatic rings. The predicted molar refractivity (Wildman–Crippen MR) is 7.59 cm³/mol. The summed E-state index contributed by atoms with van der Waals surface area (Å²) < 4.78 is 0. The second kappa shape index (κ2) is 19.0. The molecule has 0 atom stereocenters. The van der Waals surface area contributed by atoms with Gasteiger partial charge in [0.2, 0.25) is 0 Å². The molecule has 0 unspecified atom stereocenters. The summed E-state index contributed by atoms with van der Waals surface area (Å²) in [5, 5.41) is 0. The molecule has 28 valence electrons. The predicted octanol–water partition coefficient (Wildman–Crippen LogP) is 0.641. The van der Waals surface area contributed by atoms with E-state index in [1.807, 2.05) is 0 Å². The zero-order valence-corrected chi connectivity index (χ0v) is 9.63. The Labute approximate surface area is 66.9 Å². The molecular weight excluding hydrogens is 505 g/mol. The van der Waals surface area contributed by atoms with Crippen LogP contribution in [0.25, 0.3) is 0 Å². The molecule has 0 aliphatic rings. The first-order chi connectivity index (χ1) is 1.00. The monoisotopic (exact) mass is 506 g/mol. The molecule has 0 heterocycles. The van der Waals surface area contributed by atoms with Gasteiger partial charge in [0.15, 0.2) is 0 Å². The van der Waals surface area contributed by atoms with E-state index >= 15 is 0 Å². The third kappa shape index (κ3) is 8.89. The molecule has 0 N–H and O–H groups in total. The van der Waals surface area contributed by atoms with Crippen LogP contribution in [-0.4, -0.2) is 0 Å². The van der Waals surface area contributed by atoms with Crippen molar-refractivity contribution in [2.75, 3.05) is 0 Å². The van der Waals surface area contributed by atoms with Crippen molar-refractivity contribution in [1.82, 2.24) is 0 Å². The Morgan fingerprint density at radius 2 is 1.25 bits per heavy atom. The first-order valence-electron chi connectivity index (χ1n) is 0.167. The molecule has 0 bridgehead atoms. The van der Waals surface area contributed by atoms with Gasteiger partial charge < -0.3 is 0 Å². The summed E-state index contributed by atoms with van der Waals surface area (Å²) in [6.45, 7) is 0. The normalized spacial score (nSPS) is 1.00. The molecule has 0 saturated heterocycles. The Hall–Kier alpha value is 2.19. The molecule has 0 aliphatic carbocycles. The van der Waals surface area contributed by atoms with E-state index < -0.39 is 0 Å². The minimum absolute atomic E-state index is 0. The van der Waals surface area contributed by atoms with E-state index in [0.717, 1.165) is 0 Å². The van der Waals surface area contributed by atoms with Crippen molar-refractivity contribution in [3.05, 3.63) is 0 Å². The van der Waals surface area contributed by atoms with Gasteiger partial charge in [-0.05, 0) is 0 Å². The summed E-state index contributed by atoms with van der Waals surface area (Å²) in [7, 11) is 4.17. The average Bonchev–Trinajstić information content (AvgIpc) is 1.00. The Balaban J connectivity index is -0.00000000500. The maximum atomic E-state index is 4.17. The van der Waals surface area contributed by atoms with Crippen LogP contribution in [0.2, 0.25) is 0 Å². The number of hydrogen-bond donors (Lipinski definition) is 0. The van der Waals surface area contributed by atoms with Crippen LogP contribution in [0.3, 0.4) is 0 Å². The van der Waals surface area contributed by atoms with Crippen molar-refractivity contribution < 1.29 is 57.9 Å². The molecule has 0 aliphatic heterocycles. The fraction of sp³-hybridized carbons (Fsp3) is 0. The van der Waals surface area contributed by atoms with E-state index in [0.29, 0.717) is 0 Å². The van der Waals surface area contributed by atoms with Gasteiger partial charge >= 0.3 is 27.8 Å². The van der Waals surface area contributed by atoms with Crippen LogP contribution in [0.4, 0.5) is 0 Å². The van der Waals surface area contributed by atoms with Crippen LogP contribution in [0, 0.1) is 0 Å². The Morgan fingerprint density at radius 1 is 1.25 bits per heavy atom. The SMILES string of the molecule is [Re].[Rh].[S]=[W]. The van der Waals surface area contributed by atoms with Gasteiger partial charge in [-0.15, -0.1) is 0 Å². The second-order valence-corrected chi connectivity index (χ2v) is 0. The number of rotatable bonds is 0. The van der Waals surface area contributed by atoms with Crippen LogP contribution in [0.1, 0.15) is 0 Å². The molecule has 2 radical (unpaired) electrons. The summed E-state index contributed by atoms with van der Waals surface area (Å²) in [5.41, 5.74) is 0. The van der Waals surface area contributed by atoms with E-state index in [4.69, 9.17) is 0 Å². The summed E-state index contributed by atoms with van der Waals surface area (Å²) in [5.74, 6) is 0. The second-order valence-electron chi connectivity index (χ2n) is 0.